The summed E-state index contributed by atoms with van der Waals surface area (Å²) in [6.45, 7) is 0.347. The average Bonchev–Trinajstić information content (AvgIpc) is 2.74. The molecule has 1 heterocycles. The highest BCUT2D eigenvalue weighted by atomic mass is 35.5. The van der Waals surface area contributed by atoms with Crippen molar-refractivity contribution < 1.29 is 9.59 Å². The van der Waals surface area contributed by atoms with E-state index in [0.29, 0.717) is 22.8 Å². The minimum atomic E-state index is -0.474. The molecule has 4 N–H and O–H groups in total. The van der Waals surface area contributed by atoms with Crippen LogP contribution >= 0.6 is 11.6 Å². The average molecular weight is 409 g/mol. The predicted molar refractivity (Wildman–Crippen MR) is 113 cm³/mol. The van der Waals surface area contributed by atoms with E-state index in [9.17, 15) is 9.59 Å². The molecule has 0 radical (unpaired) electrons. The molecule has 2 amide bonds. The highest BCUT2D eigenvalue weighted by molar-refractivity contribution is 6.31. The number of rotatable bonds is 7. The Morgan fingerprint density at radius 3 is 2.38 bits per heavy atom. The number of hydrogen-bond donors (Lipinski definition) is 3. The summed E-state index contributed by atoms with van der Waals surface area (Å²) in [5.41, 5.74) is 8.94. The molecule has 148 valence electrons. The number of carbonyl (C=O) groups excluding carboxylic acids is 2. The van der Waals surface area contributed by atoms with E-state index < -0.39 is 6.04 Å². The number of nitrogens with one attached hydrogen (secondary N) is 2. The standard InChI is InChI=1S/C22H21ClN4O2/c23-19-4-2-1-3-17(19)14-26-21(28)13-20(24)15-5-7-16(8-6-15)22(29)27-18-9-11-25-12-10-18/h1-12,20H,13-14,24H2,(H,26,28)(H,25,27,29). The summed E-state index contributed by atoms with van der Waals surface area (Å²) in [5.74, 6) is -0.397. The van der Waals surface area contributed by atoms with Gasteiger partial charge in [-0.1, -0.05) is 41.9 Å². The van der Waals surface area contributed by atoms with E-state index >= 15 is 0 Å². The molecule has 0 aliphatic carbocycles. The Balaban J connectivity index is 1.53. The van der Waals surface area contributed by atoms with Crippen LogP contribution in [-0.2, 0) is 11.3 Å². The second-order valence-electron chi connectivity index (χ2n) is 6.49. The van der Waals surface area contributed by atoms with Crippen molar-refractivity contribution in [2.45, 2.75) is 19.0 Å². The van der Waals surface area contributed by atoms with Crippen molar-refractivity contribution in [3.63, 3.8) is 0 Å². The first-order valence-electron chi connectivity index (χ1n) is 9.10. The van der Waals surface area contributed by atoms with Gasteiger partial charge in [0.15, 0.2) is 0 Å². The van der Waals surface area contributed by atoms with Crippen molar-refractivity contribution in [3.8, 4) is 0 Å². The number of pyridine rings is 1. The first-order valence-corrected chi connectivity index (χ1v) is 9.48. The van der Waals surface area contributed by atoms with E-state index in [0.717, 1.165) is 11.1 Å². The third kappa shape index (κ3) is 5.88. The maximum atomic E-state index is 12.3. The molecule has 0 aliphatic rings. The summed E-state index contributed by atoms with van der Waals surface area (Å²) in [6.07, 6.45) is 3.34. The number of hydrogen-bond acceptors (Lipinski definition) is 4. The van der Waals surface area contributed by atoms with E-state index in [1.165, 1.54) is 0 Å². The highest BCUT2D eigenvalue weighted by Crippen LogP contribution is 2.17. The van der Waals surface area contributed by atoms with Gasteiger partial charge in [-0.25, -0.2) is 0 Å². The normalized spacial score (nSPS) is 11.5. The number of nitrogens with zero attached hydrogens (tertiary/aromatic N) is 1. The van der Waals surface area contributed by atoms with E-state index in [1.54, 1.807) is 54.9 Å². The minimum Gasteiger partial charge on any atom is -0.352 e. The molecule has 0 bridgehead atoms. The van der Waals surface area contributed by atoms with Gasteiger partial charge in [0.2, 0.25) is 5.91 Å². The molecule has 0 spiro atoms. The van der Waals surface area contributed by atoms with Crippen LogP contribution in [0.2, 0.25) is 5.02 Å². The Morgan fingerprint density at radius 1 is 1.00 bits per heavy atom. The van der Waals surface area contributed by atoms with Gasteiger partial charge in [-0.3, -0.25) is 14.6 Å². The molecule has 3 aromatic rings. The second kappa shape index (κ2) is 9.82. The number of halogens is 1. The number of carbonyl (C=O) groups is 2. The predicted octanol–water partition coefficient (Wildman–Crippen LogP) is 3.69. The molecule has 0 aliphatic heterocycles. The van der Waals surface area contributed by atoms with Gasteiger partial charge in [-0.2, -0.15) is 0 Å². The van der Waals surface area contributed by atoms with Gasteiger partial charge in [0.1, 0.15) is 0 Å². The molecule has 3 rings (SSSR count). The molecule has 7 heteroatoms. The maximum Gasteiger partial charge on any atom is 0.255 e. The van der Waals surface area contributed by atoms with E-state index in [2.05, 4.69) is 15.6 Å². The fraction of sp³-hybridized carbons (Fsp3) is 0.136. The third-order valence-corrected chi connectivity index (χ3v) is 4.75. The number of amides is 2. The van der Waals surface area contributed by atoms with Gasteiger partial charge in [-0.15, -0.1) is 0 Å². The zero-order valence-corrected chi connectivity index (χ0v) is 16.4. The summed E-state index contributed by atoms with van der Waals surface area (Å²) in [5, 5.41) is 6.22. The van der Waals surface area contributed by atoms with Crippen LogP contribution in [0.4, 0.5) is 5.69 Å². The monoisotopic (exact) mass is 408 g/mol. The zero-order valence-electron chi connectivity index (χ0n) is 15.6. The minimum absolute atomic E-state index is 0.132. The number of anilines is 1. The van der Waals surface area contributed by atoms with Crippen LogP contribution in [0.5, 0.6) is 0 Å². The Hall–Kier alpha value is -3.22. The largest absolute Gasteiger partial charge is 0.352 e. The van der Waals surface area contributed by atoms with E-state index in [-0.39, 0.29) is 18.2 Å². The lowest BCUT2D eigenvalue weighted by Gasteiger charge is -2.13. The van der Waals surface area contributed by atoms with Gasteiger partial charge in [-0.05, 0) is 41.5 Å². The van der Waals surface area contributed by atoms with Crippen molar-refractivity contribution in [2.24, 2.45) is 5.73 Å². The molecular formula is C22H21ClN4O2. The molecule has 1 atom stereocenters. The molecule has 0 saturated heterocycles. The molecule has 2 aromatic carbocycles. The molecular weight excluding hydrogens is 388 g/mol. The van der Waals surface area contributed by atoms with Crippen LogP contribution in [0, 0.1) is 0 Å². The van der Waals surface area contributed by atoms with E-state index in [4.69, 9.17) is 17.3 Å². The molecule has 1 aromatic heterocycles. The number of benzene rings is 2. The van der Waals surface area contributed by atoms with E-state index in [1.807, 2.05) is 18.2 Å². The van der Waals surface area contributed by atoms with Crippen molar-refractivity contribution in [1.29, 1.82) is 0 Å². The SMILES string of the molecule is NC(CC(=O)NCc1ccccc1Cl)c1ccc(C(=O)Nc2ccncc2)cc1. The maximum absolute atomic E-state index is 12.3. The Labute approximate surface area is 174 Å². The van der Waals surface area contributed by atoms with Crippen LogP contribution < -0.4 is 16.4 Å². The lowest BCUT2D eigenvalue weighted by Crippen LogP contribution is -2.27. The van der Waals surface area contributed by atoms with Gasteiger partial charge >= 0.3 is 0 Å². The molecule has 1 unspecified atom stereocenters. The van der Waals surface area contributed by atoms with Gasteiger partial charge < -0.3 is 16.4 Å². The lowest BCUT2D eigenvalue weighted by atomic mass is 10.0. The van der Waals surface area contributed by atoms with Gasteiger partial charge in [0.05, 0.1) is 0 Å². The van der Waals surface area contributed by atoms with Gasteiger partial charge in [0, 0.05) is 47.7 Å². The topological polar surface area (TPSA) is 97.1 Å². The quantitative estimate of drug-likeness (QED) is 0.555. The smallest absolute Gasteiger partial charge is 0.255 e. The first-order chi connectivity index (χ1) is 14.0. The number of nitrogens with two attached hydrogens (primary N) is 1. The molecule has 6 nitrogen and oxygen atoms in total. The Morgan fingerprint density at radius 2 is 1.69 bits per heavy atom. The summed E-state index contributed by atoms with van der Waals surface area (Å²) in [6, 6.07) is 17.2. The van der Waals surface area contributed by atoms with Crippen molar-refractivity contribution in [1.82, 2.24) is 10.3 Å². The second-order valence-corrected chi connectivity index (χ2v) is 6.90. The first kappa shape index (κ1) is 20.5. The molecule has 29 heavy (non-hydrogen) atoms. The van der Waals surface area contributed by atoms with Crippen molar-refractivity contribution >= 4 is 29.1 Å². The Bertz CT molecular complexity index is 978. The number of aromatic nitrogens is 1. The third-order valence-electron chi connectivity index (χ3n) is 4.38. The summed E-state index contributed by atoms with van der Waals surface area (Å²) >= 11 is 6.09. The summed E-state index contributed by atoms with van der Waals surface area (Å²) in [4.78, 5) is 28.4. The van der Waals surface area contributed by atoms with Crippen molar-refractivity contribution in [3.05, 3.63) is 94.8 Å². The summed E-state index contributed by atoms with van der Waals surface area (Å²) in [7, 11) is 0. The fourth-order valence-electron chi connectivity index (χ4n) is 2.75. The van der Waals surface area contributed by atoms with Crippen molar-refractivity contribution in [2.75, 3.05) is 5.32 Å². The molecule has 0 saturated carbocycles. The van der Waals surface area contributed by atoms with Crippen LogP contribution in [0.3, 0.4) is 0 Å². The lowest BCUT2D eigenvalue weighted by molar-refractivity contribution is -0.121. The Kier molecular flexibility index (Phi) is 6.94. The zero-order chi connectivity index (χ0) is 20.6. The fourth-order valence-corrected chi connectivity index (χ4v) is 2.95. The van der Waals surface area contributed by atoms with Crippen LogP contribution in [-0.4, -0.2) is 16.8 Å². The van der Waals surface area contributed by atoms with Crippen LogP contribution in [0.15, 0.2) is 73.1 Å². The van der Waals surface area contributed by atoms with Crippen LogP contribution in [0.1, 0.15) is 33.9 Å². The van der Waals surface area contributed by atoms with Crippen LogP contribution in [0.25, 0.3) is 0 Å². The molecule has 0 fully saturated rings. The summed E-state index contributed by atoms with van der Waals surface area (Å²) < 4.78 is 0. The van der Waals surface area contributed by atoms with Gasteiger partial charge in [0.25, 0.3) is 5.91 Å². The highest BCUT2D eigenvalue weighted by Gasteiger charge is 2.13.